The van der Waals surface area contributed by atoms with Gasteiger partial charge < -0.3 is 10.2 Å². The summed E-state index contributed by atoms with van der Waals surface area (Å²) in [5.74, 6) is -4.16. The van der Waals surface area contributed by atoms with Crippen molar-refractivity contribution in [1.82, 2.24) is 0 Å². The Labute approximate surface area is 177 Å². The first-order valence-electron chi connectivity index (χ1n) is 5.21. The summed E-state index contributed by atoms with van der Waals surface area (Å²) in [7, 11) is 0. The molecule has 118 valence electrons. The van der Waals surface area contributed by atoms with E-state index < -0.39 is 22.4 Å². The first-order chi connectivity index (χ1) is 10.1. The zero-order chi connectivity index (χ0) is 16.9. The summed E-state index contributed by atoms with van der Waals surface area (Å²) in [6, 6.07) is 0. The van der Waals surface area contributed by atoms with E-state index >= 15 is 0 Å². The van der Waals surface area contributed by atoms with Crippen molar-refractivity contribution in [2.45, 2.75) is 0 Å². The maximum absolute atomic E-state index is 13.8. The van der Waals surface area contributed by atoms with Crippen LogP contribution in [0.5, 0.6) is 11.5 Å². The molecular weight excluding hydrogens is 699 g/mol. The molecule has 0 unspecified atom stereocenters. The molecule has 0 saturated heterocycles. The molecule has 22 heavy (non-hydrogen) atoms. The number of aromatic hydroxyl groups is 2. The minimum Gasteiger partial charge on any atom is -0.506 e. The molecule has 2 nitrogen and oxygen atoms in total. The lowest BCUT2D eigenvalue weighted by Gasteiger charge is -2.17. The molecule has 0 saturated carbocycles. The number of hydrogen-bond acceptors (Lipinski definition) is 2. The van der Waals surface area contributed by atoms with Gasteiger partial charge in [0.2, 0.25) is 5.82 Å². The van der Waals surface area contributed by atoms with Gasteiger partial charge in [0, 0.05) is 14.7 Å². The van der Waals surface area contributed by atoms with Gasteiger partial charge in [-0.1, -0.05) is 23.2 Å². The van der Waals surface area contributed by atoms with E-state index in [4.69, 9.17) is 23.2 Å². The van der Waals surface area contributed by atoms with Crippen LogP contribution in [0.15, 0.2) is 8.95 Å². The second-order valence-electron chi connectivity index (χ2n) is 3.96. The lowest BCUT2D eigenvalue weighted by Crippen LogP contribution is -1.97. The molecule has 10 heteroatoms. The van der Waals surface area contributed by atoms with E-state index in [0.29, 0.717) is 7.14 Å². The van der Waals surface area contributed by atoms with E-state index in [2.05, 4.69) is 31.9 Å². The molecular formula is C12H2Br2Cl2F2I2O2. The van der Waals surface area contributed by atoms with Crippen LogP contribution in [0, 0.1) is 18.8 Å². The third-order valence-corrected chi connectivity index (χ3v) is 8.80. The van der Waals surface area contributed by atoms with Crippen molar-refractivity contribution in [3.8, 4) is 22.6 Å². The van der Waals surface area contributed by atoms with Crippen molar-refractivity contribution < 1.29 is 19.0 Å². The van der Waals surface area contributed by atoms with E-state index in [1.165, 1.54) is 0 Å². The van der Waals surface area contributed by atoms with Gasteiger partial charge >= 0.3 is 0 Å². The fourth-order valence-electron chi connectivity index (χ4n) is 1.70. The summed E-state index contributed by atoms with van der Waals surface area (Å²) < 4.78 is 28.4. The maximum Gasteiger partial charge on any atom is 0.202 e. The van der Waals surface area contributed by atoms with Gasteiger partial charge in [0.1, 0.15) is 5.75 Å². The third-order valence-electron chi connectivity index (χ3n) is 2.73. The molecule has 0 spiro atoms. The highest BCUT2D eigenvalue weighted by molar-refractivity contribution is 14.1. The molecule has 0 bridgehead atoms. The standard InChI is InChI=1S/C12H2Br2Cl2F2I2O2/c13-3-1(12(22)8(18)7(17)5(3)15)2-9(19)6(16)10(20)4(14)11(2)21/h21-22H. The molecule has 0 fully saturated rings. The quantitative estimate of drug-likeness (QED) is 0.190. The monoisotopic (exact) mass is 698 g/mol. The fourth-order valence-corrected chi connectivity index (χ4v) is 4.97. The van der Waals surface area contributed by atoms with Gasteiger partial charge in [-0.05, 0) is 77.0 Å². The second kappa shape index (κ2) is 7.03. The lowest BCUT2D eigenvalue weighted by atomic mass is 10.0. The van der Waals surface area contributed by atoms with Crippen molar-refractivity contribution in [3.63, 3.8) is 0 Å². The Bertz CT molecular complexity index is 693. The van der Waals surface area contributed by atoms with E-state index in [1.807, 2.05) is 45.2 Å². The Kier molecular flexibility index (Phi) is 6.14. The summed E-state index contributed by atoms with van der Waals surface area (Å²) in [6.45, 7) is 0. The predicted molar refractivity (Wildman–Crippen MR) is 106 cm³/mol. The second-order valence-corrected chi connectivity index (χ2v) is 8.46. The Morgan fingerprint density at radius 3 is 1.86 bits per heavy atom. The van der Waals surface area contributed by atoms with Crippen molar-refractivity contribution in [3.05, 3.63) is 37.8 Å². The Balaban J connectivity index is 3.03. The zero-order valence-electron chi connectivity index (χ0n) is 9.92. The number of phenolic OH excluding ortho intramolecular Hbond substituents is 2. The van der Waals surface area contributed by atoms with E-state index in [0.717, 1.165) is 0 Å². The smallest absolute Gasteiger partial charge is 0.202 e. The lowest BCUT2D eigenvalue weighted by molar-refractivity contribution is 0.407. The maximum atomic E-state index is 13.8. The van der Waals surface area contributed by atoms with Crippen LogP contribution in [-0.2, 0) is 0 Å². The topological polar surface area (TPSA) is 40.5 Å². The van der Waals surface area contributed by atoms with Gasteiger partial charge in [0.25, 0.3) is 0 Å². The van der Waals surface area contributed by atoms with Crippen LogP contribution in [0.1, 0.15) is 0 Å². The van der Waals surface area contributed by atoms with Crippen molar-refractivity contribution >= 4 is 100 Å². The molecule has 0 atom stereocenters. The minimum atomic E-state index is -1.51. The summed E-state index contributed by atoms with van der Waals surface area (Å²) >= 11 is 21.8. The first-order valence-corrected chi connectivity index (χ1v) is 9.71. The van der Waals surface area contributed by atoms with E-state index in [1.54, 1.807) is 0 Å². The molecule has 2 aromatic rings. The first kappa shape index (κ1) is 19.2. The number of halogens is 8. The number of phenols is 2. The summed E-state index contributed by atoms with van der Waals surface area (Å²) in [4.78, 5) is 0. The molecule has 0 radical (unpaired) electrons. The van der Waals surface area contributed by atoms with Crippen LogP contribution in [0.2, 0.25) is 10.0 Å². The average Bonchev–Trinajstić information content (AvgIpc) is 2.50. The number of hydrogen-bond donors (Lipinski definition) is 2. The SMILES string of the molecule is Oc1c(F)c(F)c(Cl)c(Br)c1-c1c(O)c(Br)c(I)c(Cl)c1I. The van der Waals surface area contributed by atoms with Crippen LogP contribution in [-0.4, -0.2) is 10.2 Å². The highest BCUT2D eigenvalue weighted by Crippen LogP contribution is 2.52. The van der Waals surface area contributed by atoms with Gasteiger partial charge in [0.05, 0.1) is 22.6 Å². The van der Waals surface area contributed by atoms with Crippen LogP contribution >= 0.6 is 100 Å². The largest absolute Gasteiger partial charge is 0.506 e. The van der Waals surface area contributed by atoms with Gasteiger partial charge in [-0.15, -0.1) is 0 Å². The summed E-state index contributed by atoms with van der Waals surface area (Å²) in [5, 5.41) is 20.0. The van der Waals surface area contributed by atoms with Crippen LogP contribution in [0.4, 0.5) is 8.78 Å². The van der Waals surface area contributed by atoms with Crippen LogP contribution in [0.3, 0.4) is 0 Å². The van der Waals surface area contributed by atoms with Crippen molar-refractivity contribution in [1.29, 1.82) is 0 Å². The average molecular weight is 701 g/mol. The fraction of sp³-hybridized carbons (Fsp3) is 0. The Morgan fingerprint density at radius 2 is 1.32 bits per heavy atom. The normalized spacial score (nSPS) is 11.1. The number of rotatable bonds is 1. The van der Waals surface area contributed by atoms with Gasteiger partial charge in [0.15, 0.2) is 11.6 Å². The minimum absolute atomic E-state index is 0.0306. The van der Waals surface area contributed by atoms with E-state index in [9.17, 15) is 19.0 Å². The third kappa shape index (κ3) is 2.96. The van der Waals surface area contributed by atoms with Crippen LogP contribution in [0.25, 0.3) is 11.1 Å². The molecule has 0 aromatic heterocycles. The van der Waals surface area contributed by atoms with Crippen molar-refractivity contribution in [2.75, 3.05) is 0 Å². The zero-order valence-corrected chi connectivity index (χ0v) is 18.9. The summed E-state index contributed by atoms with van der Waals surface area (Å²) in [6.07, 6.45) is 0. The van der Waals surface area contributed by atoms with Gasteiger partial charge in [-0.2, -0.15) is 4.39 Å². The Morgan fingerprint density at radius 1 is 0.773 bits per heavy atom. The van der Waals surface area contributed by atoms with Crippen molar-refractivity contribution in [2.24, 2.45) is 0 Å². The molecule has 0 aliphatic carbocycles. The molecule has 2 aromatic carbocycles. The Hall–Kier alpha value is 0.900. The predicted octanol–water partition coefficient (Wildman–Crippen LogP) is 7.08. The van der Waals surface area contributed by atoms with Crippen LogP contribution < -0.4 is 0 Å². The molecule has 0 amide bonds. The van der Waals surface area contributed by atoms with E-state index in [-0.39, 0.29) is 30.8 Å². The highest BCUT2D eigenvalue weighted by atomic mass is 127. The molecule has 0 heterocycles. The molecule has 0 aliphatic rings. The highest BCUT2D eigenvalue weighted by Gasteiger charge is 2.29. The summed E-state index contributed by atoms with van der Waals surface area (Å²) in [5.41, 5.74) is -0.159. The van der Waals surface area contributed by atoms with Gasteiger partial charge in [-0.3, -0.25) is 0 Å². The molecule has 0 aliphatic heterocycles. The van der Waals surface area contributed by atoms with Gasteiger partial charge in [-0.25, -0.2) is 4.39 Å². The molecule has 2 N–H and O–H groups in total. The molecule has 2 rings (SSSR count). The number of benzene rings is 2.